The van der Waals surface area contributed by atoms with Crippen molar-refractivity contribution in [1.29, 1.82) is 0 Å². The molecule has 2 N–H and O–H groups in total. The van der Waals surface area contributed by atoms with E-state index in [1.807, 2.05) is 49.4 Å². The molecule has 3 aromatic carbocycles. The number of para-hydroxylation sites is 2. The first-order valence-electron chi connectivity index (χ1n) is 9.95. The Morgan fingerprint density at radius 2 is 1.53 bits per heavy atom. The number of nitrogens with zero attached hydrogens (tertiary/aromatic N) is 3. The van der Waals surface area contributed by atoms with E-state index in [9.17, 15) is 12.8 Å². The van der Waals surface area contributed by atoms with Gasteiger partial charge in [-0.15, -0.1) is 0 Å². The average Bonchev–Trinajstić information content (AvgIpc) is 3.05. The molecule has 5 aromatic rings. The average molecular weight is 447 g/mol. The maximum absolute atomic E-state index is 13.5. The third-order valence-electron chi connectivity index (χ3n) is 5.40. The number of benzene rings is 3. The number of fused-ring (bicyclic) bond motifs is 2. The van der Waals surface area contributed by atoms with Crippen molar-refractivity contribution in [2.24, 2.45) is 0 Å². The molecule has 0 saturated heterocycles. The van der Waals surface area contributed by atoms with Crippen molar-refractivity contribution in [1.82, 2.24) is 14.5 Å². The Labute approximate surface area is 184 Å². The summed E-state index contributed by atoms with van der Waals surface area (Å²) in [4.78, 5) is 9.12. The lowest BCUT2D eigenvalue weighted by molar-refractivity contribution is 0.595. The maximum atomic E-state index is 13.5. The minimum Gasteiger partial charge on any atom is -0.384 e. The summed E-state index contributed by atoms with van der Waals surface area (Å²) in [5.74, 6) is -0.482. The fourth-order valence-electron chi connectivity index (χ4n) is 3.72. The Kier molecular flexibility index (Phi) is 4.67. The number of halogens is 1. The van der Waals surface area contributed by atoms with Crippen LogP contribution in [0.1, 0.15) is 11.1 Å². The second kappa shape index (κ2) is 7.42. The first-order valence-corrected chi connectivity index (χ1v) is 11.4. The standard InChI is InChI=1S/C24H19FN4O2S/c1-15-6-8-16(9-7-15)14-29-23(26)22(32(30,31)18-12-10-17(25)11-13-18)21-24(29)28-20-5-3-2-4-19(20)27-21/h2-13H,14,26H2,1H3. The molecular formula is C24H19FN4O2S. The van der Waals surface area contributed by atoms with Crippen molar-refractivity contribution in [3.63, 3.8) is 0 Å². The van der Waals surface area contributed by atoms with Crippen LogP contribution in [0.2, 0.25) is 0 Å². The number of nitrogens with two attached hydrogens (primary N) is 1. The number of sulfone groups is 1. The van der Waals surface area contributed by atoms with Crippen molar-refractivity contribution in [2.75, 3.05) is 5.73 Å². The fourth-order valence-corrected chi connectivity index (χ4v) is 5.23. The number of aromatic nitrogens is 3. The van der Waals surface area contributed by atoms with Crippen molar-refractivity contribution < 1.29 is 12.8 Å². The first-order chi connectivity index (χ1) is 15.3. The minimum atomic E-state index is -4.07. The molecule has 0 atom stereocenters. The van der Waals surface area contributed by atoms with Crippen LogP contribution in [0.5, 0.6) is 0 Å². The molecule has 0 aliphatic carbocycles. The van der Waals surface area contributed by atoms with E-state index in [-0.39, 0.29) is 21.1 Å². The van der Waals surface area contributed by atoms with Crippen molar-refractivity contribution in [3.8, 4) is 0 Å². The number of hydrogen-bond acceptors (Lipinski definition) is 5. The Balaban J connectivity index is 1.80. The van der Waals surface area contributed by atoms with Crippen LogP contribution >= 0.6 is 0 Å². The van der Waals surface area contributed by atoms with E-state index in [2.05, 4.69) is 4.98 Å². The van der Waals surface area contributed by atoms with Gasteiger partial charge in [0.2, 0.25) is 9.84 Å². The molecule has 5 rings (SSSR count). The summed E-state index contributed by atoms with van der Waals surface area (Å²) in [7, 11) is -4.07. The third-order valence-corrected chi connectivity index (χ3v) is 7.23. The van der Waals surface area contributed by atoms with Crippen molar-refractivity contribution in [2.45, 2.75) is 23.3 Å². The lowest BCUT2D eigenvalue weighted by Gasteiger charge is -2.09. The molecule has 0 saturated carbocycles. The van der Waals surface area contributed by atoms with E-state index in [4.69, 9.17) is 10.7 Å². The van der Waals surface area contributed by atoms with Gasteiger partial charge < -0.3 is 10.3 Å². The molecule has 0 amide bonds. The highest BCUT2D eigenvalue weighted by molar-refractivity contribution is 7.92. The highest BCUT2D eigenvalue weighted by atomic mass is 32.2. The molecule has 0 spiro atoms. The van der Waals surface area contributed by atoms with Crippen LogP contribution in [0.25, 0.3) is 22.2 Å². The number of nitrogen functional groups attached to an aromatic ring is 1. The summed E-state index contributed by atoms with van der Waals surface area (Å²) in [6.07, 6.45) is 0. The lowest BCUT2D eigenvalue weighted by atomic mass is 10.1. The van der Waals surface area contributed by atoms with Gasteiger partial charge in [0, 0.05) is 0 Å². The summed E-state index contributed by atoms with van der Waals surface area (Å²) in [5.41, 5.74) is 10.3. The molecule has 0 fully saturated rings. The highest BCUT2D eigenvalue weighted by Crippen LogP contribution is 2.35. The molecular weight excluding hydrogens is 427 g/mol. The number of hydrogen-bond donors (Lipinski definition) is 1. The van der Waals surface area contributed by atoms with Crippen LogP contribution in [-0.4, -0.2) is 23.0 Å². The van der Waals surface area contributed by atoms with Gasteiger partial charge in [-0.1, -0.05) is 42.0 Å². The Morgan fingerprint density at radius 1 is 0.906 bits per heavy atom. The fraction of sp³-hybridized carbons (Fsp3) is 0.0833. The van der Waals surface area contributed by atoms with E-state index in [0.717, 1.165) is 23.3 Å². The van der Waals surface area contributed by atoms with Gasteiger partial charge in [-0.2, -0.15) is 0 Å². The summed E-state index contributed by atoms with van der Waals surface area (Å²) in [6.45, 7) is 2.32. The molecule has 8 heteroatoms. The zero-order valence-corrected chi connectivity index (χ0v) is 18.0. The molecule has 0 aliphatic rings. The highest BCUT2D eigenvalue weighted by Gasteiger charge is 2.30. The summed E-state index contributed by atoms with van der Waals surface area (Å²) < 4.78 is 42.2. The van der Waals surface area contributed by atoms with Crippen molar-refractivity contribution in [3.05, 3.63) is 89.7 Å². The molecule has 2 aromatic heterocycles. The lowest BCUT2D eigenvalue weighted by Crippen LogP contribution is -2.09. The molecule has 32 heavy (non-hydrogen) atoms. The van der Waals surface area contributed by atoms with Gasteiger partial charge in [-0.3, -0.25) is 0 Å². The Hall–Kier alpha value is -3.78. The zero-order valence-electron chi connectivity index (χ0n) is 17.2. The number of anilines is 1. The molecule has 0 unspecified atom stereocenters. The van der Waals surface area contributed by atoms with Gasteiger partial charge in [0.05, 0.1) is 22.5 Å². The van der Waals surface area contributed by atoms with Gasteiger partial charge >= 0.3 is 0 Å². The smallest absolute Gasteiger partial charge is 0.212 e. The second-order valence-electron chi connectivity index (χ2n) is 7.63. The molecule has 0 radical (unpaired) electrons. The SMILES string of the molecule is Cc1ccc(Cn2c(N)c(S(=O)(=O)c3ccc(F)cc3)c3nc4ccccc4nc32)cc1. The van der Waals surface area contributed by atoms with Gasteiger partial charge in [-0.05, 0) is 48.9 Å². The second-order valence-corrected chi connectivity index (χ2v) is 9.51. The quantitative estimate of drug-likeness (QED) is 0.411. The van der Waals surface area contributed by atoms with E-state index in [1.165, 1.54) is 12.1 Å². The topological polar surface area (TPSA) is 90.9 Å². The van der Waals surface area contributed by atoms with Crippen LogP contribution < -0.4 is 5.73 Å². The van der Waals surface area contributed by atoms with E-state index in [0.29, 0.717) is 23.2 Å². The predicted octanol–water partition coefficient (Wildman–Crippen LogP) is 4.50. The van der Waals surface area contributed by atoms with Crippen LogP contribution in [0.4, 0.5) is 10.2 Å². The summed E-state index contributed by atoms with van der Waals surface area (Å²) >= 11 is 0. The van der Waals surface area contributed by atoms with Crippen LogP contribution in [0.15, 0.2) is 82.6 Å². The van der Waals surface area contributed by atoms with E-state index >= 15 is 0 Å². The van der Waals surface area contributed by atoms with E-state index < -0.39 is 15.7 Å². The first kappa shape index (κ1) is 20.1. The van der Waals surface area contributed by atoms with Gasteiger partial charge in [0.1, 0.15) is 22.0 Å². The Morgan fingerprint density at radius 3 is 2.19 bits per heavy atom. The molecule has 6 nitrogen and oxygen atoms in total. The monoisotopic (exact) mass is 446 g/mol. The van der Waals surface area contributed by atoms with E-state index in [1.54, 1.807) is 10.6 Å². The van der Waals surface area contributed by atoms with Crippen LogP contribution in [0.3, 0.4) is 0 Å². The van der Waals surface area contributed by atoms with Gasteiger partial charge in [-0.25, -0.2) is 22.8 Å². The normalized spacial score (nSPS) is 11.9. The van der Waals surface area contributed by atoms with Crippen LogP contribution in [0, 0.1) is 12.7 Å². The van der Waals surface area contributed by atoms with Crippen molar-refractivity contribution >= 4 is 37.9 Å². The minimum absolute atomic E-state index is 0.0419. The summed E-state index contributed by atoms with van der Waals surface area (Å²) in [6, 6.07) is 19.8. The van der Waals surface area contributed by atoms with Crippen LogP contribution in [-0.2, 0) is 16.4 Å². The molecule has 0 bridgehead atoms. The summed E-state index contributed by atoms with van der Waals surface area (Å²) in [5, 5.41) is 0. The molecule has 160 valence electrons. The maximum Gasteiger partial charge on any atom is 0.212 e. The largest absolute Gasteiger partial charge is 0.384 e. The zero-order chi connectivity index (χ0) is 22.5. The number of rotatable bonds is 4. The molecule has 0 aliphatic heterocycles. The molecule has 2 heterocycles. The van der Waals surface area contributed by atoms with Gasteiger partial charge in [0.15, 0.2) is 5.65 Å². The third kappa shape index (κ3) is 3.29. The number of aryl methyl sites for hydroxylation is 1. The van der Waals surface area contributed by atoms with Gasteiger partial charge in [0.25, 0.3) is 0 Å². The predicted molar refractivity (Wildman–Crippen MR) is 122 cm³/mol. The Bertz CT molecular complexity index is 1580.